The van der Waals surface area contributed by atoms with E-state index in [0.717, 1.165) is 25.7 Å². The molecule has 0 spiro atoms. The van der Waals surface area contributed by atoms with Crippen LogP contribution in [0.15, 0.2) is 0 Å². The van der Waals surface area contributed by atoms with E-state index < -0.39 is 0 Å². The monoisotopic (exact) mass is 230 g/mol. The summed E-state index contributed by atoms with van der Waals surface area (Å²) in [5, 5.41) is 2.88. The maximum atomic E-state index is 11.7. The highest BCUT2D eigenvalue weighted by Crippen LogP contribution is 2.13. The molecule has 0 heterocycles. The number of rotatable bonds is 8. The molecule has 0 atom stereocenters. The van der Waals surface area contributed by atoms with Gasteiger partial charge in [-0.25, -0.2) is 0 Å². The van der Waals surface area contributed by atoms with E-state index in [1.165, 1.54) is 0 Å². The van der Waals surface area contributed by atoms with E-state index in [4.69, 9.17) is 18.0 Å². The largest absolute Gasteiger partial charge is 0.393 e. The number of nitrogens with two attached hydrogens (primary N) is 1. The van der Waals surface area contributed by atoms with Crippen molar-refractivity contribution in [3.8, 4) is 0 Å². The van der Waals surface area contributed by atoms with Gasteiger partial charge in [0.1, 0.15) is 0 Å². The molecule has 0 aliphatic carbocycles. The highest BCUT2D eigenvalue weighted by Gasteiger charge is 2.15. The van der Waals surface area contributed by atoms with Crippen LogP contribution < -0.4 is 11.1 Å². The molecule has 1 amide bonds. The molecule has 0 aliphatic heterocycles. The first-order valence-electron chi connectivity index (χ1n) is 5.67. The molecule has 0 unspecified atom stereocenters. The van der Waals surface area contributed by atoms with E-state index >= 15 is 0 Å². The summed E-state index contributed by atoms with van der Waals surface area (Å²) in [5.41, 5.74) is 5.35. The van der Waals surface area contributed by atoms with Crippen LogP contribution in [0.5, 0.6) is 0 Å². The van der Waals surface area contributed by atoms with Crippen molar-refractivity contribution in [3.05, 3.63) is 0 Å². The summed E-state index contributed by atoms with van der Waals surface area (Å²) in [4.78, 5) is 12.2. The molecular weight excluding hydrogens is 208 g/mol. The van der Waals surface area contributed by atoms with Crippen LogP contribution in [0.4, 0.5) is 0 Å². The first-order valence-corrected chi connectivity index (χ1v) is 6.08. The minimum atomic E-state index is 0.148. The molecule has 4 heteroatoms. The minimum absolute atomic E-state index is 0.148. The molecule has 0 bridgehead atoms. The van der Waals surface area contributed by atoms with Gasteiger partial charge in [-0.15, -0.1) is 0 Å². The normalized spacial score (nSPS) is 10.3. The van der Waals surface area contributed by atoms with Crippen molar-refractivity contribution in [1.29, 1.82) is 0 Å². The van der Waals surface area contributed by atoms with Crippen LogP contribution >= 0.6 is 12.2 Å². The summed E-state index contributed by atoms with van der Waals surface area (Å²) < 4.78 is 0. The molecule has 0 aromatic carbocycles. The summed E-state index contributed by atoms with van der Waals surface area (Å²) in [5.74, 6) is 0.307. The third kappa shape index (κ3) is 7.31. The number of carbonyl (C=O) groups excluding carboxylic acids is 1. The van der Waals surface area contributed by atoms with Crippen molar-refractivity contribution >= 4 is 23.1 Å². The zero-order chi connectivity index (χ0) is 11.7. The second kappa shape index (κ2) is 8.65. The Kier molecular flexibility index (Phi) is 8.28. The van der Waals surface area contributed by atoms with Crippen molar-refractivity contribution in [2.45, 2.75) is 46.0 Å². The van der Waals surface area contributed by atoms with E-state index in [1.54, 1.807) is 0 Å². The van der Waals surface area contributed by atoms with Gasteiger partial charge in [-0.1, -0.05) is 38.9 Å². The zero-order valence-corrected chi connectivity index (χ0v) is 10.5. The predicted octanol–water partition coefficient (Wildman–Crippen LogP) is 2.00. The Hall–Kier alpha value is -0.640. The number of hydrogen-bond donors (Lipinski definition) is 2. The van der Waals surface area contributed by atoms with Crippen LogP contribution in [0.25, 0.3) is 0 Å². The number of hydrogen-bond acceptors (Lipinski definition) is 2. The molecule has 88 valence electrons. The Morgan fingerprint density at radius 2 is 1.87 bits per heavy atom. The Balaban J connectivity index is 3.85. The quantitative estimate of drug-likeness (QED) is 0.627. The standard InChI is InChI=1S/C11H22N2OS/c1-3-5-9(6-4-2)11(14)13-8-7-10(12)15/h9H,3-8H2,1-2H3,(H2,12,15)(H,13,14). The SMILES string of the molecule is CCCC(CCC)C(=O)NCCC(N)=S. The average molecular weight is 230 g/mol. The smallest absolute Gasteiger partial charge is 0.223 e. The van der Waals surface area contributed by atoms with E-state index in [-0.39, 0.29) is 11.8 Å². The lowest BCUT2D eigenvalue weighted by Crippen LogP contribution is -2.32. The highest BCUT2D eigenvalue weighted by atomic mass is 32.1. The molecule has 0 saturated carbocycles. The van der Waals surface area contributed by atoms with Crippen LogP contribution in [0.1, 0.15) is 46.0 Å². The van der Waals surface area contributed by atoms with Gasteiger partial charge in [-0.3, -0.25) is 4.79 Å². The molecule has 0 fully saturated rings. The van der Waals surface area contributed by atoms with Crippen LogP contribution in [0, 0.1) is 5.92 Å². The van der Waals surface area contributed by atoms with E-state index in [0.29, 0.717) is 18.0 Å². The third-order valence-electron chi connectivity index (χ3n) is 2.32. The second-order valence-electron chi connectivity index (χ2n) is 3.78. The second-order valence-corrected chi connectivity index (χ2v) is 4.31. The van der Waals surface area contributed by atoms with E-state index in [9.17, 15) is 4.79 Å². The molecule has 0 radical (unpaired) electrons. The van der Waals surface area contributed by atoms with Crippen LogP contribution in [-0.4, -0.2) is 17.4 Å². The van der Waals surface area contributed by atoms with Gasteiger partial charge in [0.25, 0.3) is 0 Å². The first-order chi connectivity index (χ1) is 7.11. The lowest BCUT2D eigenvalue weighted by atomic mass is 9.97. The van der Waals surface area contributed by atoms with Crippen LogP contribution in [0.3, 0.4) is 0 Å². The van der Waals surface area contributed by atoms with Crippen molar-refractivity contribution in [3.63, 3.8) is 0 Å². The zero-order valence-electron chi connectivity index (χ0n) is 9.71. The van der Waals surface area contributed by atoms with Gasteiger partial charge in [0.15, 0.2) is 0 Å². The third-order valence-corrected chi connectivity index (χ3v) is 2.52. The van der Waals surface area contributed by atoms with Crippen molar-refractivity contribution in [2.24, 2.45) is 11.7 Å². The summed E-state index contributed by atoms with van der Waals surface area (Å²) in [7, 11) is 0. The molecule has 0 aromatic rings. The van der Waals surface area contributed by atoms with E-state index in [2.05, 4.69) is 19.2 Å². The molecule has 0 aromatic heterocycles. The molecule has 0 aliphatic rings. The Labute approximate surface area is 97.8 Å². The maximum absolute atomic E-state index is 11.7. The van der Waals surface area contributed by atoms with Gasteiger partial charge < -0.3 is 11.1 Å². The summed E-state index contributed by atoms with van der Waals surface area (Å²) in [6.07, 6.45) is 4.62. The Bertz CT molecular complexity index is 201. The number of thiocarbonyl (C=S) groups is 1. The lowest BCUT2D eigenvalue weighted by molar-refractivity contribution is -0.125. The van der Waals surface area contributed by atoms with Gasteiger partial charge in [-0.2, -0.15) is 0 Å². The van der Waals surface area contributed by atoms with Gasteiger partial charge >= 0.3 is 0 Å². The van der Waals surface area contributed by atoms with Gasteiger partial charge in [0.2, 0.25) is 5.91 Å². The summed E-state index contributed by atoms with van der Waals surface area (Å²) in [6.45, 7) is 4.77. The van der Waals surface area contributed by atoms with Crippen molar-refractivity contribution < 1.29 is 4.79 Å². The van der Waals surface area contributed by atoms with Gasteiger partial charge in [-0.05, 0) is 12.8 Å². The number of amides is 1. The fraction of sp³-hybridized carbons (Fsp3) is 0.818. The summed E-state index contributed by atoms with van der Waals surface area (Å²) in [6, 6.07) is 0. The molecule has 0 saturated heterocycles. The highest BCUT2D eigenvalue weighted by molar-refractivity contribution is 7.80. The lowest BCUT2D eigenvalue weighted by Gasteiger charge is -2.14. The van der Waals surface area contributed by atoms with Gasteiger partial charge in [0, 0.05) is 18.9 Å². The van der Waals surface area contributed by atoms with Crippen molar-refractivity contribution in [1.82, 2.24) is 5.32 Å². The fourth-order valence-electron chi connectivity index (χ4n) is 1.56. The van der Waals surface area contributed by atoms with Crippen LogP contribution in [-0.2, 0) is 4.79 Å². The molecule has 0 rings (SSSR count). The number of nitrogens with one attached hydrogen (secondary N) is 1. The van der Waals surface area contributed by atoms with Gasteiger partial charge in [0.05, 0.1) is 4.99 Å². The first kappa shape index (κ1) is 14.4. The predicted molar refractivity (Wildman–Crippen MR) is 67.7 cm³/mol. The maximum Gasteiger partial charge on any atom is 0.223 e. The molecular formula is C11H22N2OS. The Morgan fingerprint density at radius 3 is 2.27 bits per heavy atom. The molecule has 15 heavy (non-hydrogen) atoms. The summed E-state index contributed by atoms with van der Waals surface area (Å²) >= 11 is 4.74. The van der Waals surface area contributed by atoms with Crippen LogP contribution in [0.2, 0.25) is 0 Å². The average Bonchev–Trinajstić information content (AvgIpc) is 2.16. The fourth-order valence-corrected chi connectivity index (χ4v) is 1.66. The number of carbonyl (C=O) groups is 1. The molecule has 3 N–H and O–H groups in total. The Morgan fingerprint density at radius 1 is 1.33 bits per heavy atom. The molecule has 3 nitrogen and oxygen atoms in total. The van der Waals surface area contributed by atoms with E-state index in [1.807, 2.05) is 0 Å². The minimum Gasteiger partial charge on any atom is -0.393 e. The topological polar surface area (TPSA) is 55.1 Å². The van der Waals surface area contributed by atoms with Crippen molar-refractivity contribution in [2.75, 3.05) is 6.54 Å².